The molecular formula is C68H138N2O6. The number of ketones is 1. The zero-order valence-electron chi connectivity index (χ0n) is 53.0. The summed E-state index contributed by atoms with van der Waals surface area (Å²) < 4.78 is 0. The van der Waals surface area contributed by atoms with Crippen molar-refractivity contribution in [2.75, 3.05) is 14.1 Å². The van der Waals surface area contributed by atoms with Crippen molar-refractivity contribution in [1.29, 1.82) is 0 Å². The predicted molar refractivity (Wildman–Crippen MR) is 333 cm³/mol. The van der Waals surface area contributed by atoms with E-state index >= 15 is 0 Å². The molecule has 0 spiro atoms. The Morgan fingerprint density at radius 2 is 0.592 bits per heavy atom. The number of likely N-dealkylation sites (N-methyl/N-ethyl adjacent to an activating group) is 2. The van der Waals surface area contributed by atoms with Gasteiger partial charge in [0.25, 0.3) is 0 Å². The summed E-state index contributed by atoms with van der Waals surface area (Å²) in [6.45, 7) is 15.2. The average molecular weight is 1080 g/mol. The fourth-order valence-electron chi connectivity index (χ4n) is 11.0. The van der Waals surface area contributed by atoms with Crippen LogP contribution in [0.2, 0.25) is 0 Å². The highest BCUT2D eigenvalue weighted by Crippen LogP contribution is 2.32. The SMILES string of the molecule is CCCCCCCCCC(O)CCCCCC.CCCCCCCCCCCCCC(=O)C(NC)(C(=O)O)C(CCCCCC)CCCCCCCCCC.CCCCCCCCCCCCCCC(C)(NC)C(=O)O. The van der Waals surface area contributed by atoms with Crippen LogP contribution in [-0.4, -0.2) is 64.3 Å². The van der Waals surface area contributed by atoms with Gasteiger partial charge >= 0.3 is 11.9 Å². The van der Waals surface area contributed by atoms with Crippen molar-refractivity contribution in [3.8, 4) is 0 Å². The number of unbranched alkanes of at least 4 members (excludes halogenated alkanes) is 40. The number of carbonyl (C=O) groups excluding carboxylic acids is 1. The van der Waals surface area contributed by atoms with E-state index in [0.29, 0.717) is 6.42 Å². The maximum atomic E-state index is 13.5. The molecule has 0 fully saturated rings. The van der Waals surface area contributed by atoms with Crippen LogP contribution in [0.4, 0.5) is 0 Å². The largest absolute Gasteiger partial charge is 0.480 e. The van der Waals surface area contributed by atoms with Crippen molar-refractivity contribution in [3.05, 3.63) is 0 Å². The second-order valence-corrected chi connectivity index (χ2v) is 23.8. The number of hydrogen-bond donors (Lipinski definition) is 5. The van der Waals surface area contributed by atoms with E-state index in [1.807, 2.05) is 0 Å². The smallest absolute Gasteiger partial charge is 0.331 e. The fraction of sp³-hybridized carbons (Fsp3) is 0.956. The maximum Gasteiger partial charge on any atom is 0.331 e. The Balaban J connectivity index is -0.00000117. The highest BCUT2D eigenvalue weighted by atomic mass is 16.4. The number of aliphatic carboxylic acids is 2. The first-order valence-corrected chi connectivity index (χ1v) is 33.9. The number of carbonyl (C=O) groups is 3. The molecule has 0 aromatic carbocycles. The van der Waals surface area contributed by atoms with Gasteiger partial charge in [-0.3, -0.25) is 14.9 Å². The van der Waals surface area contributed by atoms with Gasteiger partial charge in [-0.15, -0.1) is 0 Å². The summed E-state index contributed by atoms with van der Waals surface area (Å²) in [5.41, 5.74) is -2.18. The van der Waals surface area contributed by atoms with E-state index in [2.05, 4.69) is 52.2 Å². The number of carboxylic acid groups (broad SMARTS) is 2. The van der Waals surface area contributed by atoms with E-state index in [9.17, 15) is 24.6 Å². The molecule has 0 rings (SSSR count). The summed E-state index contributed by atoms with van der Waals surface area (Å²) in [7, 11) is 3.42. The van der Waals surface area contributed by atoms with Crippen LogP contribution in [0.15, 0.2) is 0 Å². The molecule has 456 valence electrons. The first kappa shape index (κ1) is 78.7. The molecule has 5 N–H and O–H groups in total. The lowest BCUT2D eigenvalue weighted by Crippen LogP contribution is -2.61. The summed E-state index contributed by atoms with van der Waals surface area (Å²) in [4.78, 5) is 37.3. The number of carboxylic acids is 2. The quantitative estimate of drug-likeness (QED) is 0.0300. The monoisotopic (exact) mass is 1080 g/mol. The molecule has 0 aromatic heterocycles. The first-order valence-electron chi connectivity index (χ1n) is 33.9. The second kappa shape index (κ2) is 61.1. The van der Waals surface area contributed by atoms with Crippen LogP contribution in [0.3, 0.4) is 0 Å². The minimum Gasteiger partial charge on any atom is -0.480 e. The van der Waals surface area contributed by atoms with Gasteiger partial charge in [-0.1, -0.05) is 330 Å². The third-order valence-electron chi connectivity index (χ3n) is 16.7. The molecule has 0 radical (unpaired) electrons. The van der Waals surface area contributed by atoms with Crippen LogP contribution >= 0.6 is 0 Å². The van der Waals surface area contributed by atoms with Crippen LogP contribution in [0, 0.1) is 5.92 Å². The van der Waals surface area contributed by atoms with Gasteiger partial charge in [-0.2, -0.15) is 0 Å². The van der Waals surface area contributed by atoms with Crippen LogP contribution in [0.5, 0.6) is 0 Å². The third kappa shape index (κ3) is 48.4. The van der Waals surface area contributed by atoms with Gasteiger partial charge in [0.1, 0.15) is 5.54 Å². The van der Waals surface area contributed by atoms with Gasteiger partial charge in [0.2, 0.25) is 0 Å². The average Bonchev–Trinajstić information content (AvgIpc) is 3.41. The van der Waals surface area contributed by atoms with Gasteiger partial charge in [0.05, 0.1) is 6.10 Å². The standard InChI is InChI=1S/C34H67NO3.C18H37NO2.C16H34O/c1-5-8-11-14-16-18-19-20-22-24-27-30-32(36)34(35-4,33(37)38)31(28-25-13-10-7-3)29-26-23-21-17-15-12-9-6-2;1-4-5-6-7-8-9-10-11-12-13-14-15-16-18(2,19-3)17(20)21;1-3-5-7-9-10-11-13-15-16(17)14-12-8-6-4-2/h31,35H,5-30H2,1-4H3,(H,37,38);19H,4-16H2,1-3H3,(H,20,21);16-17H,3-15H2,1-2H3. The summed E-state index contributed by atoms with van der Waals surface area (Å²) >= 11 is 0. The van der Waals surface area contributed by atoms with E-state index in [-0.39, 0.29) is 17.8 Å². The van der Waals surface area contributed by atoms with E-state index in [1.165, 1.54) is 231 Å². The van der Waals surface area contributed by atoms with Crippen LogP contribution < -0.4 is 10.6 Å². The molecule has 0 saturated carbocycles. The summed E-state index contributed by atoms with van der Waals surface area (Å²) in [6.07, 6.45) is 63.0. The van der Waals surface area contributed by atoms with Crippen molar-refractivity contribution < 1.29 is 29.7 Å². The van der Waals surface area contributed by atoms with E-state index in [0.717, 1.165) is 96.3 Å². The first-order chi connectivity index (χ1) is 36.9. The molecule has 0 aromatic rings. The predicted octanol–water partition coefficient (Wildman–Crippen LogP) is 21.0. The Morgan fingerprint density at radius 3 is 0.855 bits per heavy atom. The minimum absolute atomic E-state index is 0.0255. The Morgan fingerprint density at radius 1 is 0.342 bits per heavy atom. The molecule has 4 unspecified atom stereocenters. The third-order valence-corrected chi connectivity index (χ3v) is 16.7. The number of aliphatic hydroxyl groups excluding tert-OH is 1. The zero-order chi connectivity index (χ0) is 57.1. The molecule has 76 heavy (non-hydrogen) atoms. The molecule has 0 bridgehead atoms. The summed E-state index contributed by atoms with van der Waals surface area (Å²) in [6, 6.07) is 0. The molecule has 0 saturated heterocycles. The van der Waals surface area contributed by atoms with Crippen molar-refractivity contribution in [2.45, 2.75) is 400 Å². The van der Waals surface area contributed by atoms with Crippen molar-refractivity contribution in [1.82, 2.24) is 10.6 Å². The molecule has 0 aliphatic carbocycles. The van der Waals surface area contributed by atoms with Gasteiger partial charge < -0.3 is 20.6 Å². The van der Waals surface area contributed by atoms with E-state index in [1.54, 1.807) is 21.0 Å². The molecule has 8 nitrogen and oxygen atoms in total. The van der Waals surface area contributed by atoms with E-state index in [4.69, 9.17) is 5.11 Å². The number of hydrogen-bond acceptors (Lipinski definition) is 6. The molecule has 8 heteroatoms. The lowest BCUT2D eigenvalue weighted by molar-refractivity contribution is -0.153. The maximum absolute atomic E-state index is 13.5. The minimum atomic E-state index is -1.42. The van der Waals surface area contributed by atoms with Gasteiger partial charge in [0, 0.05) is 6.42 Å². The summed E-state index contributed by atoms with van der Waals surface area (Å²) in [5.74, 6) is -1.92. The van der Waals surface area contributed by atoms with Crippen molar-refractivity contribution >= 4 is 17.7 Å². The van der Waals surface area contributed by atoms with Gasteiger partial charge in [-0.25, -0.2) is 4.79 Å². The Kier molecular flexibility index (Phi) is 63.3. The molecule has 0 aliphatic heterocycles. The van der Waals surface area contributed by atoms with Gasteiger partial charge in [-0.05, 0) is 65.5 Å². The number of Topliss-reactive ketones (excluding diaryl/α,β-unsaturated/α-hetero) is 1. The number of rotatable bonds is 58. The topological polar surface area (TPSA) is 136 Å². The van der Waals surface area contributed by atoms with Crippen LogP contribution in [0.1, 0.15) is 382 Å². The molecular weight excluding hydrogens is 941 g/mol. The normalized spacial score (nSPS) is 13.7. The highest BCUT2D eigenvalue weighted by molar-refractivity contribution is 6.08. The lowest BCUT2D eigenvalue weighted by Gasteiger charge is -2.36. The van der Waals surface area contributed by atoms with Gasteiger partial charge in [0.15, 0.2) is 11.3 Å². The van der Waals surface area contributed by atoms with Crippen molar-refractivity contribution in [3.63, 3.8) is 0 Å². The van der Waals surface area contributed by atoms with Crippen molar-refractivity contribution in [2.24, 2.45) is 5.92 Å². The van der Waals surface area contributed by atoms with E-state index < -0.39 is 23.0 Å². The number of aliphatic hydroxyl groups is 1. The Bertz CT molecular complexity index is 1200. The zero-order valence-corrected chi connectivity index (χ0v) is 53.0. The molecule has 4 atom stereocenters. The number of nitrogens with one attached hydrogen (secondary N) is 2. The molecule has 0 heterocycles. The Hall–Kier alpha value is -1.51. The Labute approximate surface area is 475 Å². The molecule has 0 amide bonds. The van der Waals surface area contributed by atoms with Crippen LogP contribution in [0.25, 0.3) is 0 Å². The second-order valence-electron chi connectivity index (χ2n) is 23.8. The highest BCUT2D eigenvalue weighted by Gasteiger charge is 2.49. The summed E-state index contributed by atoms with van der Waals surface area (Å²) in [5, 5.41) is 35.3. The molecule has 0 aliphatic rings. The lowest BCUT2D eigenvalue weighted by atomic mass is 9.73. The van der Waals surface area contributed by atoms with Crippen LogP contribution in [-0.2, 0) is 14.4 Å². The fourth-order valence-corrected chi connectivity index (χ4v) is 11.0.